The molecule has 1 fully saturated rings. The Morgan fingerprint density at radius 3 is 2.56 bits per heavy atom. The number of nitrogens with zero attached hydrogens (tertiary/aromatic N) is 1. The third-order valence-corrected chi connectivity index (χ3v) is 7.21. The molecule has 1 N–H and O–H groups in total. The largest absolute Gasteiger partial charge is 0.469 e. The molecule has 1 unspecified atom stereocenters. The molecule has 1 heterocycles. The van der Waals surface area contributed by atoms with E-state index >= 15 is 0 Å². The van der Waals surface area contributed by atoms with Gasteiger partial charge in [-0.2, -0.15) is 4.31 Å². The standard InChI is InChI=1S/C21H22ClFN2O6S/c1-30-20(26)13-19(15-4-2-3-5-17(15)22)24-21(27)16-12-14(6-7-18(16)23)32(28,29)25-8-10-31-11-9-25/h2-7,12,19H,8-11,13H2,1H3,(H,24,27). The minimum absolute atomic E-state index is 0.162. The highest BCUT2D eigenvalue weighted by atomic mass is 35.5. The van der Waals surface area contributed by atoms with Crippen molar-refractivity contribution in [3.63, 3.8) is 0 Å². The van der Waals surface area contributed by atoms with Gasteiger partial charge in [0.1, 0.15) is 5.82 Å². The lowest BCUT2D eigenvalue weighted by Gasteiger charge is -2.26. The number of hydrogen-bond donors (Lipinski definition) is 1. The van der Waals surface area contributed by atoms with Gasteiger partial charge in [0.25, 0.3) is 5.91 Å². The van der Waals surface area contributed by atoms with E-state index in [1.807, 2.05) is 0 Å². The highest BCUT2D eigenvalue weighted by Gasteiger charge is 2.29. The first-order valence-electron chi connectivity index (χ1n) is 9.73. The van der Waals surface area contributed by atoms with Crippen LogP contribution < -0.4 is 5.32 Å². The summed E-state index contributed by atoms with van der Waals surface area (Å²) in [4.78, 5) is 24.6. The summed E-state index contributed by atoms with van der Waals surface area (Å²) < 4.78 is 51.3. The van der Waals surface area contributed by atoms with Crippen LogP contribution in [-0.2, 0) is 24.3 Å². The van der Waals surface area contributed by atoms with E-state index in [-0.39, 0.29) is 37.6 Å². The van der Waals surface area contributed by atoms with Crippen LogP contribution in [0.5, 0.6) is 0 Å². The van der Waals surface area contributed by atoms with E-state index in [0.717, 1.165) is 18.2 Å². The Morgan fingerprint density at radius 2 is 1.91 bits per heavy atom. The van der Waals surface area contributed by atoms with Crippen LogP contribution in [0.3, 0.4) is 0 Å². The first kappa shape index (κ1) is 24.1. The van der Waals surface area contributed by atoms with Crippen LogP contribution in [-0.4, -0.2) is 58.0 Å². The second-order valence-corrected chi connectivity index (χ2v) is 9.33. The number of benzene rings is 2. The number of hydrogen-bond acceptors (Lipinski definition) is 6. The van der Waals surface area contributed by atoms with Crippen molar-refractivity contribution in [3.8, 4) is 0 Å². The van der Waals surface area contributed by atoms with Crippen molar-refractivity contribution in [1.82, 2.24) is 9.62 Å². The minimum atomic E-state index is -3.93. The molecular formula is C21H22ClFN2O6S. The van der Waals surface area contributed by atoms with E-state index in [1.54, 1.807) is 24.3 Å². The quantitative estimate of drug-likeness (QED) is 0.606. The maximum atomic E-state index is 14.5. The van der Waals surface area contributed by atoms with Crippen LogP contribution in [0.4, 0.5) is 4.39 Å². The Balaban J connectivity index is 1.90. The van der Waals surface area contributed by atoms with E-state index in [2.05, 4.69) is 10.1 Å². The Kier molecular flexibility index (Phi) is 7.83. The maximum absolute atomic E-state index is 14.5. The summed E-state index contributed by atoms with van der Waals surface area (Å²) >= 11 is 6.20. The second kappa shape index (κ2) is 10.4. The summed E-state index contributed by atoms with van der Waals surface area (Å²) in [6.45, 7) is 0.825. The van der Waals surface area contributed by atoms with E-state index < -0.39 is 39.3 Å². The van der Waals surface area contributed by atoms with Gasteiger partial charge < -0.3 is 14.8 Å². The van der Waals surface area contributed by atoms with E-state index in [0.29, 0.717) is 10.6 Å². The summed E-state index contributed by atoms with van der Waals surface area (Å²) in [6, 6.07) is 8.66. The maximum Gasteiger partial charge on any atom is 0.307 e. The molecule has 1 aliphatic rings. The Labute approximate surface area is 190 Å². The van der Waals surface area contributed by atoms with Crippen LogP contribution in [0.2, 0.25) is 5.02 Å². The SMILES string of the molecule is COC(=O)CC(NC(=O)c1cc(S(=O)(=O)N2CCOCC2)ccc1F)c1ccccc1Cl. The fourth-order valence-electron chi connectivity index (χ4n) is 3.26. The number of sulfonamides is 1. The monoisotopic (exact) mass is 484 g/mol. The Morgan fingerprint density at radius 1 is 1.22 bits per heavy atom. The molecule has 1 aliphatic heterocycles. The number of nitrogens with one attached hydrogen (secondary N) is 1. The molecule has 1 amide bonds. The molecule has 0 aromatic heterocycles. The van der Waals surface area contributed by atoms with Crippen molar-refractivity contribution in [2.75, 3.05) is 33.4 Å². The molecule has 0 radical (unpaired) electrons. The molecule has 1 atom stereocenters. The first-order chi connectivity index (χ1) is 15.2. The van der Waals surface area contributed by atoms with Gasteiger partial charge in [0.05, 0.1) is 43.2 Å². The zero-order valence-electron chi connectivity index (χ0n) is 17.2. The molecule has 11 heteroatoms. The number of morpholine rings is 1. The average molecular weight is 485 g/mol. The Hall–Kier alpha value is -2.53. The first-order valence-corrected chi connectivity index (χ1v) is 11.6. The van der Waals surface area contributed by atoms with Crippen molar-refractivity contribution in [2.24, 2.45) is 0 Å². The molecule has 32 heavy (non-hydrogen) atoms. The second-order valence-electron chi connectivity index (χ2n) is 6.99. The molecular weight excluding hydrogens is 463 g/mol. The normalized spacial score (nSPS) is 15.7. The summed E-state index contributed by atoms with van der Waals surface area (Å²) in [5.74, 6) is -2.41. The number of amides is 1. The predicted molar refractivity (Wildman–Crippen MR) is 114 cm³/mol. The van der Waals surface area contributed by atoms with Gasteiger partial charge in [-0.05, 0) is 29.8 Å². The van der Waals surface area contributed by atoms with Gasteiger partial charge in [-0.3, -0.25) is 9.59 Å². The fourth-order valence-corrected chi connectivity index (χ4v) is 4.96. The molecule has 0 aliphatic carbocycles. The van der Waals surface area contributed by atoms with E-state index in [9.17, 15) is 22.4 Å². The molecule has 2 aromatic carbocycles. The van der Waals surface area contributed by atoms with Gasteiger partial charge in [0.15, 0.2) is 0 Å². The summed E-state index contributed by atoms with van der Waals surface area (Å²) in [5.41, 5.74) is -0.0355. The van der Waals surface area contributed by atoms with Crippen molar-refractivity contribution in [2.45, 2.75) is 17.4 Å². The lowest BCUT2D eigenvalue weighted by molar-refractivity contribution is -0.141. The van der Waals surface area contributed by atoms with Crippen LogP contribution in [0.25, 0.3) is 0 Å². The van der Waals surface area contributed by atoms with Gasteiger partial charge in [-0.1, -0.05) is 29.8 Å². The smallest absolute Gasteiger partial charge is 0.307 e. The van der Waals surface area contributed by atoms with Gasteiger partial charge >= 0.3 is 5.97 Å². The van der Waals surface area contributed by atoms with Gasteiger partial charge in [0, 0.05) is 18.1 Å². The van der Waals surface area contributed by atoms with Crippen molar-refractivity contribution < 1.29 is 31.9 Å². The molecule has 0 saturated carbocycles. The molecule has 3 rings (SSSR count). The topological polar surface area (TPSA) is 102 Å². The number of halogens is 2. The lowest BCUT2D eigenvalue weighted by Crippen LogP contribution is -2.40. The number of rotatable bonds is 7. The van der Waals surface area contributed by atoms with Crippen LogP contribution in [0, 0.1) is 5.82 Å². The number of esters is 1. The molecule has 0 bridgehead atoms. The van der Waals surface area contributed by atoms with Crippen molar-refractivity contribution in [1.29, 1.82) is 0 Å². The van der Waals surface area contributed by atoms with Crippen LogP contribution in [0.1, 0.15) is 28.4 Å². The number of methoxy groups -OCH3 is 1. The zero-order valence-corrected chi connectivity index (χ0v) is 18.8. The molecule has 2 aromatic rings. The highest BCUT2D eigenvalue weighted by Crippen LogP contribution is 2.27. The number of carbonyl (C=O) groups is 2. The Bertz CT molecular complexity index is 1110. The van der Waals surface area contributed by atoms with Crippen molar-refractivity contribution >= 4 is 33.5 Å². The molecule has 172 valence electrons. The lowest BCUT2D eigenvalue weighted by atomic mass is 10.0. The highest BCUT2D eigenvalue weighted by molar-refractivity contribution is 7.89. The van der Waals surface area contributed by atoms with Crippen LogP contribution in [0.15, 0.2) is 47.4 Å². The summed E-state index contributed by atoms with van der Waals surface area (Å²) in [6.07, 6.45) is -0.251. The summed E-state index contributed by atoms with van der Waals surface area (Å²) in [7, 11) is -2.73. The molecule has 1 saturated heterocycles. The van der Waals surface area contributed by atoms with Crippen LogP contribution >= 0.6 is 11.6 Å². The third kappa shape index (κ3) is 5.44. The zero-order chi connectivity index (χ0) is 23.3. The average Bonchev–Trinajstić information content (AvgIpc) is 2.79. The summed E-state index contributed by atoms with van der Waals surface area (Å²) in [5, 5.41) is 2.86. The van der Waals surface area contributed by atoms with E-state index in [1.165, 1.54) is 11.4 Å². The predicted octanol–water partition coefficient (Wildman–Crippen LogP) is 2.53. The van der Waals surface area contributed by atoms with Gasteiger partial charge in [0.2, 0.25) is 10.0 Å². The number of ether oxygens (including phenoxy) is 2. The minimum Gasteiger partial charge on any atom is -0.469 e. The fraction of sp³-hybridized carbons (Fsp3) is 0.333. The molecule has 8 nitrogen and oxygen atoms in total. The number of carbonyl (C=O) groups excluding carboxylic acids is 2. The van der Waals surface area contributed by atoms with E-state index in [4.69, 9.17) is 16.3 Å². The van der Waals surface area contributed by atoms with Gasteiger partial charge in [-0.15, -0.1) is 0 Å². The van der Waals surface area contributed by atoms with Crippen molar-refractivity contribution in [3.05, 3.63) is 64.4 Å². The third-order valence-electron chi connectivity index (χ3n) is 4.97. The molecule has 0 spiro atoms. The van der Waals surface area contributed by atoms with Gasteiger partial charge in [-0.25, -0.2) is 12.8 Å².